The van der Waals surface area contributed by atoms with E-state index in [2.05, 4.69) is 0 Å². The summed E-state index contributed by atoms with van der Waals surface area (Å²) >= 11 is 0. The molecular formula is C10H16O4. The Morgan fingerprint density at radius 2 is 2.00 bits per heavy atom. The van der Waals surface area contributed by atoms with Gasteiger partial charge < -0.3 is 19.3 Å². The zero-order valence-corrected chi connectivity index (χ0v) is 8.42. The van der Waals surface area contributed by atoms with Crippen LogP contribution in [0, 0.1) is 0 Å². The van der Waals surface area contributed by atoms with E-state index in [0.29, 0.717) is 6.61 Å². The molecule has 2 aliphatic heterocycles. The van der Waals surface area contributed by atoms with E-state index in [-0.39, 0.29) is 24.6 Å². The molecule has 0 saturated carbocycles. The molecule has 0 unspecified atom stereocenters. The van der Waals surface area contributed by atoms with E-state index < -0.39 is 6.10 Å². The highest BCUT2D eigenvalue weighted by atomic mass is 16.7. The molecule has 4 heteroatoms. The van der Waals surface area contributed by atoms with E-state index in [4.69, 9.17) is 14.2 Å². The fourth-order valence-electron chi connectivity index (χ4n) is 1.67. The average molecular weight is 200 g/mol. The first-order valence-electron chi connectivity index (χ1n) is 5.01. The highest BCUT2D eigenvalue weighted by molar-refractivity contribution is 5.05. The minimum absolute atomic E-state index is 0.0120. The summed E-state index contributed by atoms with van der Waals surface area (Å²) in [4.78, 5) is 0. The molecule has 0 spiro atoms. The Morgan fingerprint density at radius 1 is 1.29 bits per heavy atom. The van der Waals surface area contributed by atoms with Crippen LogP contribution in [0.1, 0.15) is 13.8 Å². The minimum atomic E-state index is -0.582. The van der Waals surface area contributed by atoms with Crippen molar-refractivity contribution in [1.29, 1.82) is 0 Å². The van der Waals surface area contributed by atoms with Gasteiger partial charge in [0.1, 0.15) is 18.3 Å². The molecule has 1 fully saturated rings. The van der Waals surface area contributed by atoms with Crippen molar-refractivity contribution >= 4 is 0 Å². The number of hydrogen-bond donors (Lipinski definition) is 1. The maximum Gasteiger partial charge on any atom is 0.177 e. The molecule has 0 aliphatic carbocycles. The van der Waals surface area contributed by atoms with Crippen LogP contribution in [-0.2, 0) is 14.2 Å². The van der Waals surface area contributed by atoms with E-state index in [1.54, 1.807) is 12.2 Å². The van der Waals surface area contributed by atoms with Gasteiger partial charge in [-0.2, -0.15) is 0 Å². The van der Waals surface area contributed by atoms with Crippen LogP contribution in [0.5, 0.6) is 0 Å². The number of ether oxygens (including phenoxy) is 3. The fourth-order valence-corrected chi connectivity index (χ4v) is 1.67. The first-order valence-corrected chi connectivity index (χ1v) is 5.01. The molecule has 1 N–H and O–H groups in total. The second kappa shape index (κ2) is 3.98. The SMILES string of the molecule is CCO[C@@H]1C=C[C@@H](O)[C@@H]([C@H]2O[C@@H]2C)O1. The molecule has 0 bridgehead atoms. The van der Waals surface area contributed by atoms with Crippen molar-refractivity contribution < 1.29 is 19.3 Å². The topological polar surface area (TPSA) is 51.2 Å². The highest BCUT2D eigenvalue weighted by Gasteiger charge is 2.46. The molecule has 1 saturated heterocycles. The molecule has 2 rings (SSSR count). The van der Waals surface area contributed by atoms with Crippen molar-refractivity contribution in [2.24, 2.45) is 0 Å². The van der Waals surface area contributed by atoms with Gasteiger partial charge in [-0.25, -0.2) is 0 Å². The van der Waals surface area contributed by atoms with Crippen molar-refractivity contribution in [1.82, 2.24) is 0 Å². The summed E-state index contributed by atoms with van der Waals surface area (Å²) in [5, 5.41) is 9.64. The Morgan fingerprint density at radius 3 is 2.57 bits per heavy atom. The molecular weight excluding hydrogens is 184 g/mol. The second-order valence-corrected chi connectivity index (χ2v) is 3.61. The molecule has 4 nitrogen and oxygen atoms in total. The monoisotopic (exact) mass is 200 g/mol. The first-order chi connectivity index (χ1) is 6.72. The van der Waals surface area contributed by atoms with Crippen molar-refractivity contribution in [2.45, 2.75) is 44.6 Å². The molecule has 0 radical (unpaired) electrons. The van der Waals surface area contributed by atoms with Crippen molar-refractivity contribution in [3.05, 3.63) is 12.2 Å². The summed E-state index contributed by atoms with van der Waals surface area (Å²) in [6.45, 7) is 4.47. The van der Waals surface area contributed by atoms with Crippen molar-refractivity contribution in [3.63, 3.8) is 0 Å². The van der Waals surface area contributed by atoms with E-state index in [0.717, 1.165) is 0 Å². The van der Waals surface area contributed by atoms with Gasteiger partial charge in [-0.15, -0.1) is 0 Å². The van der Waals surface area contributed by atoms with Gasteiger partial charge in [0, 0.05) is 6.61 Å². The standard InChI is InChI=1S/C10H16O4/c1-3-12-8-5-4-7(11)10(14-8)9-6(2)13-9/h4-11H,3H2,1-2H3/t6-,7-,8+,9+,10+/m1/s1. The normalized spacial score (nSPS) is 46.6. The van der Waals surface area contributed by atoms with E-state index in [1.807, 2.05) is 13.8 Å². The van der Waals surface area contributed by atoms with Crippen molar-refractivity contribution in [2.75, 3.05) is 6.61 Å². The Kier molecular flexibility index (Phi) is 2.88. The third-order valence-electron chi connectivity index (χ3n) is 2.51. The van der Waals surface area contributed by atoms with Crippen LogP contribution < -0.4 is 0 Å². The summed E-state index contributed by atoms with van der Waals surface area (Å²) in [7, 11) is 0. The van der Waals surface area contributed by atoms with E-state index in [1.165, 1.54) is 0 Å². The van der Waals surface area contributed by atoms with Gasteiger partial charge in [-0.3, -0.25) is 0 Å². The minimum Gasteiger partial charge on any atom is -0.386 e. The van der Waals surface area contributed by atoms with Crippen LogP contribution in [0.3, 0.4) is 0 Å². The van der Waals surface area contributed by atoms with Crippen LogP contribution in [0.15, 0.2) is 12.2 Å². The fraction of sp³-hybridized carbons (Fsp3) is 0.800. The lowest BCUT2D eigenvalue weighted by Crippen LogP contribution is -2.40. The van der Waals surface area contributed by atoms with Crippen molar-refractivity contribution in [3.8, 4) is 0 Å². The lowest BCUT2D eigenvalue weighted by molar-refractivity contribution is -0.173. The van der Waals surface area contributed by atoms with Crippen LogP contribution in [0.25, 0.3) is 0 Å². The highest BCUT2D eigenvalue weighted by Crippen LogP contribution is 2.31. The Labute approximate surface area is 83.5 Å². The number of aliphatic hydroxyl groups is 1. The summed E-state index contributed by atoms with van der Waals surface area (Å²) in [5.74, 6) is 0. The molecule has 0 amide bonds. The zero-order chi connectivity index (χ0) is 10.1. The summed E-state index contributed by atoms with van der Waals surface area (Å²) in [6, 6.07) is 0. The summed E-state index contributed by atoms with van der Waals surface area (Å²) < 4.78 is 16.1. The number of hydrogen-bond acceptors (Lipinski definition) is 4. The summed E-state index contributed by atoms with van der Waals surface area (Å²) in [5.41, 5.74) is 0. The first kappa shape index (κ1) is 10.1. The van der Waals surface area contributed by atoms with E-state index in [9.17, 15) is 5.11 Å². The summed E-state index contributed by atoms with van der Waals surface area (Å²) in [6.07, 6.45) is 2.43. The van der Waals surface area contributed by atoms with Crippen LogP contribution in [0.4, 0.5) is 0 Å². The molecule has 0 aromatic heterocycles. The maximum atomic E-state index is 9.64. The quantitative estimate of drug-likeness (QED) is 0.531. The number of epoxide rings is 1. The van der Waals surface area contributed by atoms with E-state index >= 15 is 0 Å². The molecule has 5 atom stereocenters. The Bertz CT molecular complexity index is 228. The van der Waals surface area contributed by atoms with Gasteiger partial charge in [0.15, 0.2) is 6.29 Å². The predicted molar refractivity (Wildman–Crippen MR) is 49.8 cm³/mol. The van der Waals surface area contributed by atoms with Crippen LogP contribution in [-0.4, -0.2) is 42.4 Å². The number of rotatable bonds is 3. The number of aliphatic hydroxyl groups excluding tert-OH is 1. The molecule has 0 aromatic rings. The van der Waals surface area contributed by atoms with Crippen LogP contribution in [0.2, 0.25) is 0 Å². The molecule has 2 heterocycles. The van der Waals surface area contributed by atoms with Crippen LogP contribution >= 0.6 is 0 Å². The Hall–Kier alpha value is -0.420. The second-order valence-electron chi connectivity index (χ2n) is 3.61. The lowest BCUT2D eigenvalue weighted by Gasteiger charge is -2.28. The van der Waals surface area contributed by atoms with Gasteiger partial charge in [0.25, 0.3) is 0 Å². The molecule has 14 heavy (non-hydrogen) atoms. The zero-order valence-electron chi connectivity index (χ0n) is 8.42. The lowest BCUT2D eigenvalue weighted by atomic mass is 10.1. The Balaban J connectivity index is 1.94. The average Bonchev–Trinajstić information content (AvgIpc) is 2.87. The largest absolute Gasteiger partial charge is 0.386 e. The van der Waals surface area contributed by atoms with Gasteiger partial charge >= 0.3 is 0 Å². The third-order valence-corrected chi connectivity index (χ3v) is 2.51. The van der Waals surface area contributed by atoms with Gasteiger partial charge in [0.05, 0.1) is 6.10 Å². The third kappa shape index (κ3) is 1.98. The van der Waals surface area contributed by atoms with Gasteiger partial charge in [-0.05, 0) is 19.9 Å². The van der Waals surface area contributed by atoms with Gasteiger partial charge in [-0.1, -0.05) is 6.08 Å². The predicted octanol–water partition coefficient (Wildman–Crippen LogP) is 0.452. The maximum absolute atomic E-state index is 9.64. The molecule has 80 valence electrons. The van der Waals surface area contributed by atoms with Gasteiger partial charge in [0.2, 0.25) is 0 Å². The molecule has 0 aromatic carbocycles. The smallest absolute Gasteiger partial charge is 0.177 e. The molecule has 2 aliphatic rings.